The molecular weight excluding hydrogens is 398 g/mol. The van der Waals surface area contributed by atoms with Crippen LogP contribution in [0.15, 0.2) is 72.9 Å². The molecule has 0 aliphatic carbocycles. The Balaban J connectivity index is 1.72. The van der Waals surface area contributed by atoms with Crippen molar-refractivity contribution in [3.05, 3.63) is 89.1 Å². The van der Waals surface area contributed by atoms with Crippen molar-refractivity contribution < 1.29 is 0 Å². The summed E-state index contributed by atoms with van der Waals surface area (Å²) in [5, 5.41) is 4.74. The van der Waals surface area contributed by atoms with Crippen LogP contribution >= 0.6 is 11.3 Å². The van der Waals surface area contributed by atoms with E-state index in [1.54, 1.807) is 11.3 Å². The molecule has 0 amide bonds. The standard InChI is InChI=1S/C27H29N3S/c1-5-19(3)27-30-25(22-13-9-10-18(2)16-22)26(31-27)23-14-15-28-24(17-23)29-20(4)21-11-7-6-8-12-21/h6-17,19-20H,5H2,1-4H3,(H,28,29)/t19?,20-/m1/s1. The van der Waals surface area contributed by atoms with E-state index in [1.165, 1.54) is 26.6 Å². The van der Waals surface area contributed by atoms with Crippen LogP contribution in [0.3, 0.4) is 0 Å². The highest BCUT2D eigenvalue weighted by molar-refractivity contribution is 7.15. The van der Waals surface area contributed by atoms with Crippen LogP contribution in [0.1, 0.15) is 55.3 Å². The van der Waals surface area contributed by atoms with E-state index < -0.39 is 0 Å². The molecule has 0 saturated carbocycles. The fourth-order valence-electron chi connectivity index (χ4n) is 3.60. The lowest BCUT2D eigenvalue weighted by Crippen LogP contribution is -2.07. The number of nitrogens with one attached hydrogen (secondary N) is 1. The first-order valence-electron chi connectivity index (χ1n) is 10.9. The zero-order valence-electron chi connectivity index (χ0n) is 18.6. The van der Waals surface area contributed by atoms with E-state index >= 15 is 0 Å². The third kappa shape index (κ3) is 4.86. The predicted octanol–water partition coefficient (Wildman–Crippen LogP) is 7.87. The Labute approximate surface area is 189 Å². The summed E-state index contributed by atoms with van der Waals surface area (Å²) in [4.78, 5) is 10.9. The highest BCUT2D eigenvalue weighted by Crippen LogP contribution is 2.40. The fourth-order valence-corrected chi connectivity index (χ4v) is 4.82. The summed E-state index contributed by atoms with van der Waals surface area (Å²) in [6, 6.07) is 23.5. The number of thiazole rings is 1. The molecule has 2 aromatic heterocycles. The minimum Gasteiger partial charge on any atom is -0.364 e. The van der Waals surface area contributed by atoms with Crippen molar-refractivity contribution in [1.29, 1.82) is 0 Å². The van der Waals surface area contributed by atoms with Crippen LogP contribution in [0.4, 0.5) is 5.82 Å². The summed E-state index contributed by atoms with van der Waals surface area (Å²) in [6.45, 7) is 8.77. The first kappa shape index (κ1) is 21.3. The zero-order valence-corrected chi connectivity index (χ0v) is 19.4. The SMILES string of the molecule is CCC(C)c1nc(-c2cccc(C)c2)c(-c2ccnc(N[C@H](C)c3ccccc3)c2)s1. The van der Waals surface area contributed by atoms with Crippen molar-refractivity contribution in [2.24, 2.45) is 0 Å². The molecule has 158 valence electrons. The number of rotatable bonds is 7. The fraction of sp³-hybridized carbons (Fsp3) is 0.259. The van der Waals surface area contributed by atoms with Crippen molar-refractivity contribution in [2.45, 2.75) is 46.1 Å². The summed E-state index contributed by atoms with van der Waals surface area (Å²) in [5.74, 6) is 1.32. The van der Waals surface area contributed by atoms with Crippen LogP contribution in [-0.4, -0.2) is 9.97 Å². The molecule has 0 bridgehead atoms. The largest absolute Gasteiger partial charge is 0.364 e. The van der Waals surface area contributed by atoms with Gasteiger partial charge in [-0.2, -0.15) is 0 Å². The molecule has 31 heavy (non-hydrogen) atoms. The summed E-state index contributed by atoms with van der Waals surface area (Å²) < 4.78 is 0. The highest BCUT2D eigenvalue weighted by atomic mass is 32.1. The summed E-state index contributed by atoms with van der Waals surface area (Å²) in [5.41, 5.74) is 5.88. The van der Waals surface area contributed by atoms with Crippen LogP contribution in [0.25, 0.3) is 21.7 Å². The van der Waals surface area contributed by atoms with Gasteiger partial charge in [-0.1, -0.05) is 67.9 Å². The summed E-state index contributed by atoms with van der Waals surface area (Å²) in [6.07, 6.45) is 2.97. The Morgan fingerprint density at radius 3 is 2.48 bits per heavy atom. The van der Waals surface area contributed by atoms with Gasteiger partial charge in [0.15, 0.2) is 0 Å². The van der Waals surface area contributed by atoms with Gasteiger partial charge in [-0.15, -0.1) is 11.3 Å². The quantitative estimate of drug-likeness (QED) is 0.326. The molecule has 0 aliphatic heterocycles. The summed E-state index contributed by atoms with van der Waals surface area (Å²) in [7, 11) is 0. The van der Waals surface area contributed by atoms with Crippen molar-refractivity contribution in [2.75, 3.05) is 5.32 Å². The molecule has 0 radical (unpaired) electrons. The van der Waals surface area contributed by atoms with Gasteiger partial charge in [0.1, 0.15) is 5.82 Å². The maximum Gasteiger partial charge on any atom is 0.126 e. The number of benzene rings is 2. The molecule has 1 unspecified atom stereocenters. The Hall–Kier alpha value is -2.98. The van der Waals surface area contributed by atoms with E-state index in [9.17, 15) is 0 Å². The highest BCUT2D eigenvalue weighted by Gasteiger charge is 2.18. The molecule has 4 rings (SSSR count). The van der Waals surface area contributed by atoms with Crippen molar-refractivity contribution in [1.82, 2.24) is 9.97 Å². The molecule has 1 N–H and O–H groups in total. The molecule has 0 spiro atoms. The number of aryl methyl sites for hydroxylation is 1. The molecule has 0 fully saturated rings. The van der Waals surface area contributed by atoms with E-state index in [1.807, 2.05) is 12.3 Å². The zero-order chi connectivity index (χ0) is 21.8. The monoisotopic (exact) mass is 427 g/mol. The maximum absolute atomic E-state index is 5.08. The van der Waals surface area contributed by atoms with Crippen molar-refractivity contribution >= 4 is 17.2 Å². The van der Waals surface area contributed by atoms with Crippen LogP contribution in [0, 0.1) is 6.92 Å². The third-order valence-corrected chi connectivity index (χ3v) is 6.99. The second-order valence-electron chi connectivity index (χ2n) is 8.12. The maximum atomic E-state index is 5.08. The second-order valence-corrected chi connectivity index (χ2v) is 9.15. The molecule has 2 aromatic carbocycles. The smallest absolute Gasteiger partial charge is 0.126 e. The van der Waals surface area contributed by atoms with Gasteiger partial charge in [-0.05, 0) is 49.6 Å². The molecule has 2 heterocycles. The van der Waals surface area contributed by atoms with E-state index in [0.29, 0.717) is 5.92 Å². The molecule has 2 atom stereocenters. The number of pyridine rings is 1. The topological polar surface area (TPSA) is 37.8 Å². The Morgan fingerprint density at radius 1 is 0.935 bits per heavy atom. The van der Waals surface area contributed by atoms with Crippen molar-refractivity contribution in [3.63, 3.8) is 0 Å². The minimum atomic E-state index is 0.178. The molecule has 0 saturated heterocycles. The third-order valence-electron chi connectivity index (χ3n) is 5.66. The van der Waals surface area contributed by atoms with Gasteiger partial charge in [0, 0.05) is 23.7 Å². The first-order chi connectivity index (χ1) is 15.0. The molecule has 4 heteroatoms. The van der Waals surface area contributed by atoms with Gasteiger partial charge in [-0.3, -0.25) is 0 Å². The molecule has 0 aliphatic rings. The Kier molecular flexibility index (Phi) is 6.47. The number of hydrogen-bond donors (Lipinski definition) is 1. The average Bonchev–Trinajstić information content (AvgIpc) is 3.25. The Morgan fingerprint density at radius 2 is 1.74 bits per heavy atom. The van der Waals surface area contributed by atoms with Crippen LogP contribution in [0.2, 0.25) is 0 Å². The predicted molar refractivity (Wildman–Crippen MR) is 133 cm³/mol. The molecular formula is C27H29N3S. The second kappa shape index (κ2) is 9.44. The lowest BCUT2D eigenvalue weighted by atomic mass is 10.0. The van der Waals surface area contributed by atoms with Crippen LogP contribution < -0.4 is 5.32 Å². The van der Waals surface area contributed by atoms with Gasteiger partial charge in [0.2, 0.25) is 0 Å². The minimum absolute atomic E-state index is 0.178. The Bertz CT molecular complexity index is 1150. The van der Waals surface area contributed by atoms with Gasteiger partial charge in [0.25, 0.3) is 0 Å². The van der Waals surface area contributed by atoms with Crippen LogP contribution in [0.5, 0.6) is 0 Å². The number of hydrogen-bond acceptors (Lipinski definition) is 4. The summed E-state index contributed by atoms with van der Waals surface area (Å²) >= 11 is 1.80. The number of aromatic nitrogens is 2. The lowest BCUT2D eigenvalue weighted by Gasteiger charge is -2.15. The average molecular weight is 428 g/mol. The normalized spacial score (nSPS) is 13.0. The van der Waals surface area contributed by atoms with Crippen LogP contribution in [-0.2, 0) is 0 Å². The first-order valence-corrected chi connectivity index (χ1v) is 11.7. The molecule has 3 nitrogen and oxygen atoms in total. The molecule has 4 aromatic rings. The van der Waals surface area contributed by atoms with Gasteiger partial charge >= 0.3 is 0 Å². The number of nitrogens with zero attached hydrogens (tertiary/aromatic N) is 2. The van der Waals surface area contributed by atoms with Crippen molar-refractivity contribution in [3.8, 4) is 21.7 Å². The van der Waals surface area contributed by atoms with Gasteiger partial charge in [0.05, 0.1) is 15.6 Å². The van der Waals surface area contributed by atoms with E-state index in [4.69, 9.17) is 4.98 Å². The lowest BCUT2D eigenvalue weighted by molar-refractivity contribution is 0.727. The van der Waals surface area contributed by atoms with Gasteiger partial charge < -0.3 is 5.32 Å². The number of anilines is 1. The van der Waals surface area contributed by atoms with E-state index in [-0.39, 0.29) is 6.04 Å². The van der Waals surface area contributed by atoms with E-state index in [0.717, 1.165) is 23.5 Å². The van der Waals surface area contributed by atoms with Gasteiger partial charge in [-0.25, -0.2) is 9.97 Å². The van der Waals surface area contributed by atoms with E-state index in [2.05, 4.69) is 98.7 Å².